The third-order valence-electron chi connectivity index (χ3n) is 2.74. The van der Waals surface area contributed by atoms with Gasteiger partial charge in [0.2, 0.25) is 5.91 Å². The maximum Gasteiger partial charge on any atom is 0.326 e. The summed E-state index contributed by atoms with van der Waals surface area (Å²) in [6.45, 7) is 6.33. The molecular weight excluding hydrogens is 264 g/mol. The Labute approximate surface area is 119 Å². The SMILES string of the molecule is CSCCC(NC(=O)C(CN)CC(C)(C)C)C(=O)O. The molecule has 1 amide bonds. The standard InChI is InChI=1S/C13H26N2O3S/c1-13(2,3)7-9(8-14)11(16)15-10(12(17)18)5-6-19-4/h9-10H,5-8,14H2,1-4H3,(H,15,16)(H,17,18). The van der Waals surface area contributed by atoms with Crippen molar-refractivity contribution in [3.8, 4) is 0 Å². The summed E-state index contributed by atoms with van der Waals surface area (Å²) in [7, 11) is 0. The van der Waals surface area contributed by atoms with E-state index >= 15 is 0 Å². The van der Waals surface area contributed by atoms with Crippen LogP contribution < -0.4 is 11.1 Å². The molecule has 0 aliphatic carbocycles. The highest BCUT2D eigenvalue weighted by Gasteiger charge is 2.27. The van der Waals surface area contributed by atoms with Gasteiger partial charge in [-0.25, -0.2) is 4.79 Å². The van der Waals surface area contributed by atoms with E-state index in [0.29, 0.717) is 18.6 Å². The van der Waals surface area contributed by atoms with Crippen LogP contribution in [0.25, 0.3) is 0 Å². The number of amides is 1. The van der Waals surface area contributed by atoms with Crippen LogP contribution in [0.2, 0.25) is 0 Å². The normalized spacial score (nSPS) is 14.8. The number of hydrogen-bond acceptors (Lipinski definition) is 4. The molecule has 5 nitrogen and oxygen atoms in total. The molecule has 0 saturated heterocycles. The maximum absolute atomic E-state index is 12.1. The van der Waals surface area contributed by atoms with Gasteiger partial charge in [-0.1, -0.05) is 20.8 Å². The van der Waals surface area contributed by atoms with Gasteiger partial charge < -0.3 is 16.2 Å². The number of aliphatic carboxylic acids is 1. The molecule has 6 heteroatoms. The lowest BCUT2D eigenvalue weighted by molar-refractivity contribution is -0.142. The van der Waals surface area contributed by atoms with Crippen molar-refractivity contribution in [1.82, 2.24) is 5.32 Å². The Bertz CT molecular complexity index is 303. The Morgan fingerprint density at radius 3 is 2.32 bits per heavy atom. The minimum atomic E-state index is -0.992. The Balaban J connectivity index is 4.55. The number of carbonyl (C=O) groups excluding carboxylic acids is 1. The molecule has 0 aromatic heterocycles. The first-order valence-corrected chi connectivity index (χ1v) is 7.83. The van der Waals surface area contributed by atoms with Gasteiger partial charge in [0, 0.05) is 6.54 Å². The molecule has 0 aliphatic heterocycles. The van der Waals surface area contributed by atoms with E-state index in [4.69, 9.17) is 10.8 Å². The van der Waals surface area contributed by atoms with Crippen LogP contribution in [0.3, 0.4) is 0 Å². The molecule has 19 heavy (non-hydrogen) atoms. The Hall–Kier alpha value is -0.750. The smallest absolute Gasteiger partial charge is 0.326 e. The lowest BCUT2D eigenvalue weighted by Gasteiger charge is -2.25. The molecule has 0 spiro atoms. The fourth-order valence-electron chi connectivity index (χ4n) is 1.80. The summed E-state index contributed by atoms with van der Waals surface area (Å²) in [5.74, 6) is -0.889. The van der Waals surface area contributed by atoms with Crippen molar-refractivity contribution in [2.75, 3.05) is 18.6 Å². The zero-order valence-corrected chi connectivity index (χ0v) is 13.0. The summed E-state index contributed by atoms with van der Waals surface area (Å²) in [5, 5.41) is 11.7. The van der Waals surface area contributed by atoms with E-state index in [1.54, 1.807) is 11.8 Å². The van der Waals surface area contributed by atoms with Crippen LogP contribution in [0.5, 0.6) is 0 Å². The van der Waals surface area contributed by atoms with Gasteiger partial charge in [-0.2, -0.15) is 11.8 Å². The molecule has 0 aromatic carbocycles. The van der Waals surface area contributed by atoms with E-state index in [-0.39, 0.29) is 23.8 Å². The number of thioether (sulfide) groups is 1. The van der Waals surface area contributed by atoms with Crippen LogP contribution in [0, 0.1) is 11.3 Å². The number of nitrogens with two attached hydrogens (primary N) is 1. The van der Waals surface area contributed by atoms with Crippen molar-refractivity contribution in [2.24, 2.45) is 17.1 Å². The first-order valence-electron chi connectivity index (χ1n) is 6.43. The molecule has 2 atom stereocenters. The Kier molecular flexibility index (Phi) is 8.09. The fourth-order valence-corrected chi connectivity index (χ4v) is 2.28. The monoisotopic (exact) mass is 290 g/mol. The van der Waals surface area contributed by atoms with Crippen LogP contribution in [-0.2, 0) is 9.59 Å². The van der Waals surface area contributed by atoms with Crippen LogP contribution in [0.15, 0.2) is 0 Å². The number of carboxylic acids is 1. The van der Waals surface area contributed by atoms with Crippen molar-refractivity contribution in [2.45, 2.75) is 39.7 Å². The molecule has 4 N–H and O–H groups in total. The van der Waals surface area contributed by atoms with Crippen LogP contribution in [0.4, 0.5) is 0 Å². The lowest BCUT2D eigenvalue weighted by atomic mass is 9.84. The zero-order valence-electron chi connectivity index (χ0n) is 12.2. The van der Waals surface area contributed by atoms with Gasteiger partial charge >= 0.3 is 5.97 Å². The van der Waals surface area contributed by atoms with E-state index < -0.39 is 12.0 Å². The molecule has 0 saturated carbocycles. The average Bonchev–Trinajstić information content (AvgIpc) is 2.29. The predicted molar refractivity (Wildman–Crippen MR) is 79.2 cm³/mol. The third kappa shape index (κ3) is 8.10. The summed E-state index contributed by atoms with van der Waals surface area (Å²) >= 11 is 1.56. The Morgan fingerprint density at radius 2 is 1.95 bits per heavy atom. The molecule has 0 bridgehead atoms. The average molecular weight is 290 g/mol. The number of carbonyl (C=O) groups is 2. The third-order valence-corrected chi connectivity index (χ3v) is 3.38. The minimum Gasteiger partial charge on any atom is -0.480 e. The van der Waals surface area contributed by atoms with Gasteiger partial charge in [-0.05, 0) is 30.3 Å². The van der Waals surface area contributed by atoms with E-state index in [1.807, 2.05) is 27.0 Å². The number of hydrogen-bond donors (Lipinski definition) is 3. The Morgan fingerprint density at radius 1 is 1.37 bits per heavy atom. The molecule has 0 rings (SSSR count). The van der Waals surface area contributed by atoms with Crippen molar-refractivity contribution < 1.29 is 14.7 Å². The number of nitrogens with one attached hydrogen (secondary N) is 1. The van der Waals surface area contributed by atoms with E-state index in [1.165, 1.54) is 0 Å². The highest BCUT2D eigenvalue weighted by molar-refractivity contribution is 7.98. The first-order chi connectivity index (χ1) is 8.71. The number of carboxylic acid groups (broad SMARTS) is 1. The quantitative estimate of drug-likeness (QED) is 0.627. The van der Waals surface area contributed by atoms with Crippen molar-refractivity contribution in [3.63, 3.8) is 0 Å². The maximum atomic E-state index is 12.1. The second-order valence-electron chi connectivity index (χ2n) is 5.88. The number of rotatable bonds is 8. The lowest BCUT2D eigenvalue weighted by Crippen LogP contribution is -2.46. The summed E-state index contributed by atoms with van der Waals surface area (Å²) in [6, 6.07) is -0.825. The molecule has 0 aliphatic rings. The minimum absolute atomic E-state index is 0.0145. The molecule has 2 unspecified atom stereocenters. The molecular formula is C13H26N2O3S. The van der Waals surface area contributed by atoms with Gasteiger partial charge in [0.25, 0.3) is 0 Å². The molecule has 0 heterocycles. The first kappa shape index (κ1) is 18.2. The van der Waals surface area contributed by atoms with Crippen LogP contribution in [0.1, 0.15) is 33.6 Å². The van der Waals surface area contributed by atoms with E-state index in [0.717, 1.165) is 0 Å². The van der Waals surface area contributed by atoms with E-state index in [2.05, 4.69) is 5.32 Å². The molecule has 0 radical (unpaired) electrons. The zero-order chi connectivity index (χ0) is 15.1. The second kappa shape index (κ2) is 8.43. The highest BCUT2D eigenvalue weighted by Crippen LogP contribution is 2.24. The van der Waals surface area contributed by atoms with Crippen LogP contribution in [-0.4, -0.2) is 41.6 Å². The topological polar surface area (TPSA) is 92.4 Å². The summed E-state index contributed by atoms with van der Waals surface area (Å²) in [4.78, 5) is 23.2. The molecule has 0 aromatic rings. The highest BCUT2D eigenvalue weighted by atomic mass is 32.2. The molecule has 112 valence electrons. The van der Waals surface area contributed by atoms with Crippen LogP contribution >= 0.6 is 11.8 Å². The van der Waals surface area contributed by atoms with E-state index in [9.17, 15) is 9.59 Å². The van der Waals surface area contributed by atoms with Crippen molar-refractivity contribution in [3.05, 3.63) is 0 Å². The summed E-state index contributed by atoms with van der Waals surface area (Å²) in [6.07, 6.45) is 2.97. The second-order valence-corrected chi connectivity index (χ2v) is 6.86. The molecule has 0 fully saturated rings. The van der Waals surface area contributed by atoms with Crippen molar-refractivity contribution in [1.29, 1.82) is 0 Å². The van der Waals surface area contributed by atoms with Gasteiger partial charge in [-0.3, -0.25) is 4.79 Å². The van der Waals surface area contributed by atoms with Gasteiger partial charge in [0.05, 0.1) is 5.92 Å². The van der Waals surface area contributed by atoms with Gasteiger partial charge in [0.1, 0.15) is 6.04 Å². The van der Waals surface area contributed by atoms with Crippen molar-refractivity contribution >= 4 is 23.6 Å². The largest absolute Gasteiger partial charge is 0.480 e. The summed E-state index contributed by atoms with van der Waals surface area (Å²) < 4.78 is 0. The van der Waals surface area contributed by atoms with Gasteiger partial charge in [-0.15, -0.1) is 0 Å². The fraction of sp³-hybridized carbons (Fsp3) is 0.846. The van der Waals surface area contributed by atoms with Gasteiger partial charge in [0.15, 0.2) is 0 Å². The predicted octanol–water partition coefficient (Wildman–Crippen LogP) is 1.32. The summed E-state index contributed by atoms with van der Waals surface area (Å²) in [5.41, 5.74) is 5.61.